The van der Waals surface area contributed by atoms with E-state index < -0.39 is 0 Å². The summed E-state index contributed by atoms with van der Waals surface area (Å²) in [5.74, 6) is 0.222. The fourth-order valence-electron chi connectivity index (χ4n) is 1.97. The Morgan fingerprint density at radius 2 is 2.14 bits per heavy atom. The van der Waals surface area contributed by atoms with Crippen LogP contribution in [0.5, 0.6) is 0 Å². The van der Waals surface area contributed by atoms with Gasteiger partial charge in [0.1, 0.15) is 0 Å². The normalized spacial score (nSPS) is 14.3. The third-order valence-electron chi connectivity index (χ3n) is 3.63. The second kappa shape index (κ2) is 7.73. The standard InChI is InChI=1S/C15H24N4O2/c1-6-8-9-14(19-15(21)18(5)16-17-19)13(10-20)12(4)11(3)7-2/h6,8,11,20H,4,7,9-10H2,1-3,5H3/b8-6-,14-13+. The van der Waals surface area contributed by atoms with E-state index in [2.05, 4.69) is 23.9 Å². The minimum absolute atomic E-state index is 0.181. The van der Waals surface area contributed by atoms with E-state index in [4.69, 9.17) is 0 Å². The van der Waals surface area contributed by atoms with Crippen LogP contribution in [0.4, 0.5) is 0 Å². The number of aliphatic hydroxyl groups is 1. The Kier molecular flexibility index (Phi) is 6.30. The average molecular weight is 292 g/mol. The minimum Gasteiger partial charge on any atom is -0.392 e. The Labute approximate surface area is 125 Å². The van der Waals surface area contributed by atoms with Crippen molar-refractivity contribution in [3.63, 3.8) is 0 Å². The van der Waals surface area contributed by atoms with Gasteiger partial charge in [-0.1, -0.05) is 32.6 Å². The maximum Gasteiger partial charge on any atom is 0.367 e. The molecule has 1 unspecified atom stereocenters. The highest BCUT2D eigenvalue weighted by atomic mass is 16.3. The molecule has 0 spiro atoms. The van der Waals surface area contributed by atoms with Crippen LogP contribution in [0.3, 0.4) is 0 Å². The molecule has 1 N–H and O–H groups in total. The third kappa shape index (κ3) is 3.78. The highest BCUT2D eigenvalue weighted by Crippen LogP contribution is 2.26. The molecule has 0 aromatic carbocycles. The van der Waals surface area contributed by atoms with Crippen LogP contribution >= 0.6 is 0 Å². The summed E-state index contributed by atoms with van der Waals surface area (Å²) >= 11 is 0. The van der Waals surface area contributed by atoms with Crippen LogP contribution in [0.15, 0.2) is 34.7 Å². The molecule has 21 heavy (non-hydrogen) atoms. The predicted octanol–water partition coefficient (Wildman–Crippen LogP) is 1.75. The summed E-state index contributed by atoms with van der Waals surface area (Å²) in [4.78, 5) is 12.1. The molecule has 0 bridgehead atoms. The Hall–Kier alpha value is -1.95. The molecule has 1 aromatic heterocycles. The van der Waals surface area contributed by atoms with Crippen molar-refractivity contribution >= 4 is 5.70 Å². The van der Waals surface area contributed by atoms with Gasteiger partial charge in [-0.05, 0) is 35.3 Å². The number of aromatic nitrogens is 4. The zero-order valence-electron chi connectivity index (χ0n) is 13.2. The molecule has 1 rings (SSSR count). The van der Waals surface area contributed by atoms with E-state index >= 15 is 0 Å². The first-order chi connectivity index (χ1) is 9.97. The molecule has 1 heterocycles. The molecule has 6 heteroatoms. The minimum atomic E-state index is -0.336. The van der Waals surface area contributed by atoms with E-state index in [1.807, 2.05) is 26.0 Å². The molecule has 0 aliphatic carbocycles. The largest absolute Gasteiger partial charge is 0.392 e. The molecule has 1 atom stereocenters. The quantitative estimate of drug-likeness (QED) is 0.614. The Morgan fingerprint density at radius 3 is 2.57 bits per heavy atom. The van der Waals surface area contributed by atoms with Crippen molar-refractivity contribution in [2.24, 2.45) is 13.0 Å². The lowest BCUT2D eigenvalue weighted by atomic mass is 9.91. The first-order valence-corrected chi connectivity index (χ1v) is 7.10. The van der Waals surface area contributed by atoms with Crippen LogP contribution in [0.1, 0.15) is 33.6 Å². The molecule has 6 nitrogen and oxygen atoms in total. The summed E-state index contributed by atoms with van der Waals surface area (Å²) in [6, 6.07) is 0. The van der Waals surface area contributed by atoms with Gasteiger partial charge in [-0.25, -0.2) is 4.79 Å². The second-order valence-electron chi connectivity index (χ2n) is 4.99. The Balaban J connectivity index is 3.45. The summed E-state index contributed by atoms with van der Waals surface area (Å²) in [5, 5.41) is 17.4. The Morgan fingerprint density at radius 1 is 1.48 bits per heavy atom. The van der Waals surface area contributed by atoms with E-state index in [1.54, 1.807) is 7.05 Å². The van der Waals surface area contributed by atoms with Gasteiger partial charge in [0, 0.05) is 19.0 Å². The summed E-state index contributed by atoms with van der Waals surface area (Å²) in [6.07, 6.45) is 5.20. The van der Waals surface area contributed by atoms with Gasteiger partial charge in [-0.3, -0.25) is 0 Å². The SMILES string of the molecule is C=C(/C(CO)=C(\C/C=C\C)n1nnn(C)c1=O)C(C)CC. The molecule has 0 radical (unpaired) electrons. The Bertz CT molecular complexity index is 607. The zero-order valence-corrected chi connectivity index (χ0v) is 13.2. The molecule has 0 aliphatic rings. The van der Waals surface area contributed by atoms with Gasteiger partial charge in [0.15, 0.2) is 0 Å². The van der Waals surface area contributed by atoms with Gasteiger partial charge in [0.05, 0.1) is 12.3 Å². The first-order valence-electron chi connectivity index (χ1n) is 7.10. The molecular weight excluding hydrogens is 268 g/mol. The van der Waals surface area contributed by atoms with Crippen LogP contribution in [-0.2, 0) is 7.05 Å². The summed E-state index contributed by atoms with van der Waals surface area (Å²) in [7, 11) is 1.54. The fourth-order valence-corrected chi connectivity index (χ4v) is 1.97. The predicted molar refractivity (Wildman–Crippen MR) is 83.6 cm³/mol. The highest BCUT2D eigenvalue weighted by molar-refractivity contribution is 5.58. The van der Waals surface area contributed by atoms with E-state index in [9.17, 15) is 9.90 Å². The second-order valence-corrected chi connectivity index (χ2v) is 4.99. The molecule has 0 saturated heterocycles. The topological polar surface area (TPSA) is 72.9 Å². The van der Waals surface area contributed by atoms with Gasteiger partial charge in [-0.2, -0.15) is 9.36 Å². The van der Waals surface area contributed by atoms with Gasteiger partial charge < -0.3 is 5.11 Å². The van der Waals surface area contributed by atoms with Crippen LogP contribution < -0.4 is 5.69 Å². The van der Waals surface area contributed by atoms with E-state index in [-0.39, 0.29) is 18.2 Å². The van der Waals surface area contributed by atoms with Crippen LogP contribution in [0.25, 0.3) is 5.70 Å². The maximum atomic E-state index is 12.1. The van der Waals surface area contributed by atoms with Crippen molar-refractivity contribution in [2.75, 3.05) is 6.61 Å². The van der Waals surface area contributed by atoms with Crippen molar-refractivity contribution in [3.8, 4) is 0 Å². The van der Waals surface area contributed by atoms with Crippen molar-refractivity contribution in [3.05, 3.63) is 40.4 Å². The van der Waals surface area contributed by atoms with Crippen LogP contribution in [-0.4, -0.2) is 31.5 Å². The fraction of sp³-hybridized carbons (Fsp3) is 0.533. The highest BCUT2D eigenvalue weighted by Gasteiger charge is 2.18. The molecule has 0 fully saturated rings. The molecular formula is C15H24N4O2. The van der Waals surface area contributed by atoms with Crippen LogP contribution in [0.2, 0.25) is 0 Å². The number of nitrogens with zero attached hydrogens (tertiary/aromatic N) is 4. The van der Waals surface area contributed by atoms with E-state index in [1.165, 1.54) is 4.68 Å². The van der Waals surface area contributed by atoms with Crippen molar-refractivity contribution in [2.45, 2.75) is 33.6 Å². The van der Waals surface area contributed by atoms with Crippen molar-refractivity contribution in [1.82, 2.24) is 19.8 Å². The zero-order chi connectivity index (χ0) is 16.0. The average Bonchev–Trinajstić information content (AvgIpc) is 2.82. The number of aliphatic hydroxyl groups excluding tert-OH is 1. The van der Waals surface area contributed by atoms with Gasteiger partial charge >= 0.3 is 5.69 Å². The maximum absolute atomic E-state index is 12.1. The van der Waals surface area contributed by atoms with Crippen LogP contribution in [0, 0.1) is 5.92 Å². The number of aryl methyl sites for hydroxylation is 1. The summed E-state index contributed by atoms with van der Waals surface area (Å²) in [5.41, 5.74) is 1.78. The van der Waals surface area contributed by atoms with E-state index in [0.29, 0.717) is 17.7 Å². The van der Waals surface area contributed by atoms with Gasteiger partial charge in [-0.15, -0.1) is 0 Å². The van der Waals surface area contributed by atoms with Crippen molar-refractivity contribution < 1.29 is 5.11 Å². The third-order valence-corrected chi connectivity index (χ3v) is 3.63. The number of hydrogen-bond donors (Lipinski definition) is 1. The van der Waals surface area contributed by atoms with Crippen molar-refractivity contribution in [1.29, 1.82) is 0 Å². The smallest absolute Gasteiger partial charge is 0.367 e. The lowest BCUT2D eigenvalue weighted by Crippen LogP contribution is -2.24. The lowest BCUT2D eigenvalue weighted by molar-refractivity contribution is 0.330. The molecule has 0 amide bonds. The number of allylic oxidation sites excluding steroid dienone is 3. The monoisotopic (exact) mass is 292 g/mol. The summed E-state index contributed by atoms with van der Waals surface area (Å²) < 4.78 is 2.40. The van der Waals surface area contributed by atoms with Gasteiger partial charge in [0.25, 0.3) is 0 Å². The molecule has 116 valence electrons. The number of tetrazole rings is 1. The number of hydrogen-bond acceptors (Lipinski definition) is 4. The molecule has 0 saturated carbocycles. The number of rotatable bonds is 7. The molecule has 0 aliphatic heterocycles. The lowest BCUT2D eigenvalue weighted by Gasteiger charge is -2.18. The van der Waals surface area contributed by atoms with E-state index in [0.717, 1.165) is 16.7 Å². The summed E-state index contributed by atoms with van der Waals surface area (Å²) in [6.45, 7) is 9.90. The van der Waals surface area contributed by atoms with Gasteiger partial charge in [0.2, 0.25) is 0 Å². The first kappa shape index (κ1) is 17.1. The molecule has 1 aromatic rings.